The third kappa shape index (κ3) is 5.88. The van der Waals surface area contributed by atoms with E-state index >= 15 is 0 Å². The van der Waals surface area contributed by atoms with Crippen molar-refractivity contribution in [3.8, 4) is 22.8 Å². The average molecular weight is 537 g/mol. The van der Waals surface area contributed by atoms with E-state index in [1.54, 1.807) is 18.0 Å². The zero-order valence-corrected chi connectivity index (χ0v) is 21.3. The molecule has 3 aromatic carbocycles. The van der Waals surface area contributed by atoms with E-state index < -0.39 is 6.36 Å². The van der Waals surface area contributed by atoms with Crippen LogP contribution in [-0.4, -0.2) is 44.3 Å². The van der Waals surface area contributed by atoms with E-state index in [9.17, 15) is 13.2 Å². The van der Waals surface area contributed by atoms with Gasteiger partial charge in [0.2, 0.25) is 0 Å². The number of anilines is 1. The second-order valence-electron chi connectivity index (χ2n) is 8.62. The van der Waals surface area contributed by atoms with Gasteiger partial charge in [-0.1, -0.05) is 54.2 Å². The molecule has 0 saturated carbocycles. The molecule has 1 aliphatic rings. The van der Waals surface area contributed by atoms with E-state index in [1.807, 2.05) is 36.4 Å². The predicted molar refractivity (Wildman–Crippen MR) is 144 cm³/mol. The number of hydrogen-bond donors (Lipinski definition) is 0. The van der Waals surface area contributed by atoms with E-state index in [-0.39, 0.29) is 5.75 Å². The Morgan fingerprint density at radius 3 is 2.47 bits per heavy atom. The molecule has 0 radical (unpaired) electrons. The van der Waals surface area contributed by atoms with Crippen LogP contribution in [0.3, 0.4) is 0 Å². The van der Waals surface area contributed by atoms with Crippen molar-refractivity contribution in [2.45, 2.75) is 26.3 Å². The fraction of sp³-hybridized carbons (Fsp3) is 0.185. The first-order chi connectivity index (χ1) is 18.3. The minimum atomic E-state index is -4.73. The van der Waals surface area contributed by atoms with Gasteiger partial charge in [-0.15, -0.1) is 23.4 Å². The number of ether oxygens (including phenoxy) is 1. The molecule has 0 aliphatic carbocycles. The zero-order chi connectivity index (χ0) is 26.7. The first-order valence-corrected chi connectivity index (χ1v) is 12.7. The number of amidine groups is 1. The minimum absolute atomic E-state index is 0.298. The smallest absolute Gasteiger partial charge is 0.406 e. The average Bonchev–Trinajstić information content (AvgIpc) is 3.52. The highest BCUT2D eigenvalue weighted by atomic mass is 32.2. The molecule has 5 rings (SSSR count). The molecule has 11 heteroatoms. The van der Waals surface area contributed by atoms with Gasteiger partial charge in [-0.05, 0) is 55.3 Å². The van der Waals surface area contributed by atoms with E-state index in [0.717, 1.165) is 27.7 Å². The molecule has 1 saturated heterocycles. The lowest BCUT2D eigenvalue weighted by atomic mass is 10.1. The molecule has 2 heterocycles. The number of alkyl halides is 3. The molecular weight excluding hydrogens is 513 g/mol. The first-order valence-electron chi connectivity index (χ1n) is 11.7. The summed E-state index contributed by atoms with van der Waals surface area (Å²) in [5.74, 6) is 1.13. The summed E-state index contributed by atoms with van der Waals surface area (Å²) >= 11 is 1.69. The molecule has 0 bridgehead atoms. The van der Waals surface area contributed by atoms with Crippen LogP contribution in [0, 0.1) is 6.92 Å². The van der Waals surface area contributed by atoms with Gasteiger partial charge in [-0.25, -0.2) is 9.67 Å². The zero-order valence-electron chi connectivity index (χ0n) is 20.5. The number of para-hydroxylation sites is 1. The summed E-state index contributed by atoms with van der Waals surface area (Å²) in [4.78, 5) is 6.54. The van der Waals surface area contributed by atoms with Crippen molar-refractivity contribution in [3.63, 3.8) is 0 Å². The molecule has 4 aromatic rings. The third-order valence-electron chi connectivity index (χ3n) is 5.82. The number of rotatable bonds is 6. The SMILES string of the molecule is Cc1ccccc1N1/C(=N/N=C/c2ccc(-c3ncn(-c4ccc(OC(F)(F)F)cc4)n3)cc2)SCC1C. The summed E-state index contributed by atoms with van der Waals surface area (Å²) in [5.41, 5.74) is 4.55. The lowest BCUT2D eigenvalue weighted by Crippen LogP contribution is -2.31. The van der Waals surface area contributed by atoms with Crippen LogP contribution in [0.25, 0.3) is 17.1 Å². The van der Waals surface area contributed by atoms with Crippen molar-refractivity contribution >= 4 is 28.8 Å². The summed E-state index contributed by atoms with van der Waals surface area (Å²) in [6, 6.07) is 21.5. The van der Waals surface area contributed by atoms with Crippen LogP contribution in [-0.2, 0) is 0 Å². The van der Waals surface area contributed by atoms with Gasteiger partial charge in [0, 0.05) is 23.0 Å². The molecule has 0 N–H and O–H groups in total. The highest BCUT2D eigenvalue weighted by molar-refractivity contribution is 8.14. The number of benzene rings is 3. The number of thioether (sulfide) groups is 1. The Hall–Kier alpha value is -4.12. The number of halogens is 3. The van der Waals surface area contributed by atoms with Gasteiger partial charge in [0.05, 0.1) is 11.9 Å². The molecular formula is C27H23F3N6OS. The van der Waals surface area contributed by atoms with E-state index in [1.165, 1.54) is 40.8 Å². The molecule has 0 spiro atoms. The van der Waals surface area contributed by atoms with Crippen molar-refractivity contribution in [2.24, 2.45) is 10.2 Å². The molecule has 1 aliphatic heterocycles. The van der Waals surface area contributed by atoms with E-state index in [0.29, 0.717) is 17.6 Å². The Kier molecular flexibility index (Phi) is 7.19. The molecule has 38 heavy (non-hydrogen) atoms. The van der Waals surface area contributed by atoms with Gasteiger partial charge in [0.25, 0.3) is 0 Å². The molecule has 1 unspecified atom stereocenters. The van der Waals surface area contributed by atoms with Gasteiger partial charge in [0.1, 0.15) is 12.1 Å². The van der Waals surface area contributed by atoms with Crippen LogP contribution in [0.5, 0.6) is 5.75 Å². The number of nitrogens with zero attached hydrogens (tertiary/aromatic N) is 6. The van der Waals surface area contributed by atoms with Gasteiger partial charge in [-0.2, -0.15) is 5.10 Å². The highest BCUT2D eigenvalue weighted by Gasteiger charge is 2.31. The van der Waals surface area contributed by atoms with Gasteiger partial charge < -0.3 is 9.64 Å². The van der Waals surface area contributed by atoms with Gasteiger partial charge >= 0.3 is 6.36 Å². The Balaban J connectivity index is 1.26. The largest absolute Gasteiger partial charge is 0.573 e. The van der Waals surface area contributed by atoms with Crippen LogP contribution >= 0.6 is 11.8 Å². The second kappa shape index (κ2) is 10.7. The number of aromatic nitrogens is 3. The quantitative estimate of drug-likeness (QED) is 0.209. The topological polar surface area (TPSA) is 67.9 Å². The summed E-state index contributed by atoms with van der Waals surface area (Å²) in [6.45, 7) is 4.27. The Bertz CT molecular complexity index is 1470. The highest BCUT2D eigenvalue weighted by Crippen LogP contribution is 2.32. The molecule has 0 amide bonds. The van der Waals surface area contributed by atoms with Gasteiger partial charge in [-0.3, -0.25) is 0 Å². The normalized spacial score (nSPS) is 17.0. The molecule has 194 valence electrons. The fourth-order valence-corrected chi connectivity index (χ4v) is 5.02. The number of hydrogen-bond acceptors (Lipinski definition) is 6. The second-order valence-corrected chi connectivity index (χ2v) is 9.61. The molecule has 7 nitrogen and oxygen atoms in total. The maximum absolute atomic E-state index is 12.4. The van der Waals surface area contributed by atoms with Crippen LogP contribution in [0.4, 0.5) is 18.9 Å². The molecule has 1 aromatic heterocycles. The van der Waals surface area contributed by atoms with Crippen molar-refractivity contribution in [1.82, 2.24) is 14.8 Å². The Morgan fingerprint density at radius 2 is 1.76 bits per heavy atom. The van der Waals surface area contributed by atoms with Crippen molar-refractivity contribution in [3.05, 3.63) is 90.3 Å². The molecule has 1 atom stereocenters. The standard InChI is InChI=1S/C27H23F3N6OS/c1-18-5-3-4-6-24(18)36-19(2)16-38-26(36)33-32-15-20-7-9-21(10-8-20)25-31-17-35(34-25)22-11-13-23(14-12-22)37-27(28,29)30/h3-15,17,19H,16H2,1-2H3/b32-15+,33-26-. The monoisotopic (exact) mass is 536 g/mol. The lowest BCUT2D eigenvalue weighted by Gasteiger charge is -2.24. The summed E-state index contributed by atoms with van der Waals surface area (Å²) < 4.78 is 42.5. The fourth-order valence-electron chi connectivity index (χ4n) is 3.96. The van der Waals surface area contributed by atoms with Crippen molar-refractivity contribution < 1.29 is 17.9 Å². The summed E-state index contributed by atoms with van der Waals surface area (Å²) in [7, 11) is 0. The van der Waals surface area contributed by atoms with Crippen LogP contribution < -0.4 is 9.64 Å². The maximum Gasteiger partial charge on any atom is 0.573 e. The van der Waals surface area contributed by atoms with Crippen molar-refractivity contribution in [2.75, 3.05) is 10.7 Å². The first kappa shape index (κ1) is 25.5. The summed E-state index contributed by atoms with van der Waals surface area (Å²) in [5, 5.41) is 14.1. The van der Waals surface area contributed by atoms with Crippen LogP contribution in [0.15, 0.2) is 89.3 Å². The third-order valence-corrected chi connectivity index (χ3v) is 7.01. The summed E-state index contributed by atoms with van der Waals surface area (Å²) in [6.07, 6.45) is -1.53. The lowest BCUT2D eigenvalue weighted by molar-refractivity contribution is -0.274. The maximum atomic E-state index is 12.4. The van der Waals surface area contributed by atoms with Gasteiger partial charge in [0.15, 0.2) is 11.0 Å². The number of aryl methyl sites for hydroxylation is 1. The van der Waals surface area contributed by atoms with Crippen molar-refractivity contribution in [1.29, 1.82) is 0 Å². The minimum Gasteiger partial charge on any atom is -0.406 e. The van der Waals surface area contributed by atoms with E-state index in [2.05, 4.69) is 55.9 Å². The Morgan fingerprint density at radius 1 is 1.03 bits per heavy atom. The molecule has 1 fully saturated rings. The Labute approximate surface area is 221 Å². The van der Waals surface area contributed by atoms with Crippen LogP contribution in [0.1, 0.15) is 18.1 Å². The predicted octanol–water partition coefficient (Wildman–Crippen LogP) is 6.47. The van der Waals surface area contributed by atoms with E-state index in [4.69, 9.17) is 0 Å². The van der Waals surface area contributed by atoms with Crippen LogP contribution in [0.2, 0.25) is 0 Å².